The number of fused-ring (bicyclic) bond motifs is 7. The molecule has 27 heavy (non-hydrogen) atoms. The fourth-order valence-electron chi connectivity index (χ4n) is 3.85. The lowest BCUT2D eigenvalue weighted by Gasteiger charge is -2.43. The van der Waals surface area contributed by atoms with Crippen LogP contribution < -0.4 is 11.2 Å². The minimum atomic E-state index is -2.22. The van der Waals surface area contributed by atoms with Crippen LogP contribution in [0.4, 0.5) is 0 Å². The minimum Gasteiger partial charge on any atom is -0.406 e. The molecular weight excluding hydrogens is 368 g/mol. The van der Waals surface area contributed by atoms with E-state index in [2.05, 4.69) is 38.8 Å². The summed E-state index contributed by atoms with van der Waals surface area (Å²) in [6, 6.07) is 1.44. The summed E-state index contributed by atoms with van der Waals surface area (Å²) in [7, 11) is -2.22. The smallest absolute Gasteiger partial charge is 0.330 e. The molecule has 0 radical (unpaired) electrons. The predicted octanol–water partition coefficient (Wildman–Crippen LogP) is 2.03. The Morgan fingerprint density at radius 2 is 1.78 bits per heavy atom. The van der Waals surface area contributed by atoms with Crippen LogP contribution in [0.5, 0.6) is 0 Å². The molecule has 0 aliphatic carbocycles. The van der Waals surface area contributed by atoms with Gasteiger partial charge in [-0.15, -0.1) is 0 Å². The van der Waals surface area contributed by atoms with Crippen LogP contribution in [0.3, 0.4) is 0 Å². The summed E-state index contributed by atoms with van der Waals surface area (Å²) < 4.78 is 26.4. The second-order valence-corrected chi connectivity index (χ2v) is 14.3. The molecule has 3 aliphatic rings. The maximum Gasteiger partial charge on any atom is 0.330 e. The molecule has 5 atom stereocenters. The average Bonchev–Trinajstić information content (AvgIpc) is 2.94. The molecule has 0 saturated carbocycles. The highest BCUT2D eigenvalue weighted by Gasteiger charge is 2.62. The maximum atomic E-state index is 12.6. The molecule has 2 saturated heterocycles. The van der Waals surface area contributed by atoms with Crippen molar-refractivity contribution in [3.05, 3.63) is 32.6 Å². The molecule has 1 aromatic heterocycles. The van der Waals surface area contributed by atoms with Gasteiger partial charge in [0.05, 0.1) is 5.69 Å². The fourth-order valence-corrected chi connectivity index (χ4v) is 5.10. The highest BCUT2D eigenvalue weighted by atomic mass is 28.4. The Morgan fingerprint density at radius 3 is 2.41 bits per heavy atom. The topological polar surface area (TPSA) is 91.8 Å². The van der Waals surface area contributed by atoms with E-state index in [1.807, 2.05) is 13.8 Å². The standard InChI is InChI=1S/C18H28N2O6Si/c1-17(2,3)27(6,7)26-11-9-8-10(21)19-16(22)20(9)15-14-13(12(11)23-15)24-18(4,5)25-14/h8,11-15H,1-7H3,(H,19,21,22)/t11-,12+,13?,14?,15+/m0/s1. The van der Waals surface area contributed by atoms with E-state index in [0.29, 0.717) is 5.69 Å². The second kappa shape index (κ2) is 5.63. The van der Waals surface area contributed by atoms with Crippen LogP contribution in [-0.4, -0.2) is 42.0 Å². The molecule has 4 rings (SSSR count). The molecule has 2 bridgehead atoms. The highest BCUT2D eigenvalue weighted by molar-refractivity contribution is 6.74. The number of aromatic nitrogens is 2. The van der Waals surface area contributed by atoms with Crippen LogP contribution >= 0.6 is 0 Å². The highest BCUT2D eigenvalue weighted by Crippen LogP contribution is 2.52. The van der Waals surface area contributed by atoms with Crippen LogP contribution in [0, 0.1) is 0 Å². The van der Waals surface area contributed by atoms with Gasteiger partial charge in [-0.2, -0.15) is 0 Å². The Kier molecular flexibility index (Phi) is 3.98. The Balaban J connectivity index is 1.85. The van der Waals surface area contributed by atoms with Crippen LogP contribution in [0.2, 0.25) is 18.1 Å². The van der Waals surface area contributed by atoms with Crippen LogP contribution in [0.15, 0.2) is 15.7 Å². The molecule has 2 fully saturated rings. The molecule has 8 nitrogen and oxygen atoms in total. The van der Waals surface area contributed by atoms with E-state index in [4.69, 9.17) is 18.6 Å². The fraction of sp³-hybridized carbons (Fsp3) is 0.778. The lowest BCUT2D eigenvalue weighted by atomic mass is 10.1. The average molecular weight is 397 g/mol. The number of nitrogens with zero attached hydrogens (tertiary/aromatic N) is 1. The molecule has 1 N–H and O–H groups in total. The molecule has 0 amide bonds. The van der Waals surface area contributed by atoms with Crippen molar-refractivity contribution >= 4 is 8.32 Å². The normalized spacial score (nSPS) is 34.4. The molecular formula is C18H28N2O6Si. The largest absolute Gasteiger partial charge is 0.406 e. The predicted molar refractivity (Wildman–Crippen MR) is 100 cm³/mol. The van der Waals surface area contributed by atoms with E-state index < -0.39 is 49.9 Å². The summed E-state index contributed by atoms with van der Waals surface area (Å²) in [4.78, 5) is 27.0. The molecule has 3 aliphatic heterocycles. The minimum absolute atomic E-state index is 0.0412. The number of aromatic amines is 1. The zero-order chi connectivity index (χ0) is 19.9. The van der Waals surface area contributed by atoms with E-state index in [9.17, 15) is 9.59 Å². The van der Waals surface area contributed by atoms with Crippen molar-refractivity contribution in [2.45, 2.75) is 89.2 Å². The Hall–Kier alpha value is -1.26. The molecule has 9 heteroatoms. The Bertz CT molecular complexity index is 883. The summed E-state index contributed by atoms with van der Waals surface area (Å²) in [5, 5.41) is -0.0412. The van der Waals surface area contributed by atoms with Gasteiger partial charge in [-0.25, -0.2) is 4.79 Å². The van der Waals surface area contributed by atoms with Crippen molar-refractivity contribution in [2.75, 3.05) is 0 Å². The third-order valence-corrected chi connectivity index (χ3v) is 10.6. The summed E-state index contributed by atoms with van der Waals surface area (Å²) in [6.45, 7) is 14.4. The van der Waals surface area contributed by atoms with E-state index >= 15 is 0 Å². The number of hydrogen-bond donors (Lipinski definition) is 1. The van der Waals surface area contributed by atoms with Crippen molar-refractivity contribution < 1.29 is 18.6 Å². The second-order valence-electron chi connectivity index (χ2n) is 9.59. The first-order valence-corrected chi connectivity index (χ1v) is 12.3. The van der Waals surface area contributed by atoms with Gasteiger partial charge in [0.25, 0.3) is 5.56 Å². The number of hydrogen-bond acceptors (Lipinski definition) is 6. The van der Waals surface area contributed by atoms with Crippen LogP contribution in [0.25, 0.3) is 0 Å². The first-order valence-electron chi connectivity index (χ1n) is 9.35. The Labute approximate surface area is 158 Å². The van der Waals surface area contributed by atoms with Crippen molar-refractivity contribution in [1.82, 2.24) is 9.55 Å². The summed E-state index contributed by atoms with van der Waals surface area (Å²) in [5.41, 5.74) is -0.420. The van der Waals surface area contributed by atoms with Crippen molar-refractivity contribution in [3.8, 4) is 0 Å². The van der Waals surface area contributed by atoms with Crippen molar-refractivity contribution in [1.29, 1.82) is 0 Å². The van der Waals surface area contributed by atoms with Gasteiger partial charge >= 0.3 is 5.69 Å². The maximum absolute atomic E-state index is 12.6. The molecule has 0 aromatic carbocycles. The third kappa shape index (κ3) is 2.87. The molecule has 2 unspecified atom stereocenters. The first kappa shape index (κ1) is 19.1. The van der Waals surface area contributed by atoms with Crippen molar-refractivity contribution in [2.24, 2.45) is 0 Å². The lowest BCUT2D eigenvalue weighted by Crippen LogP contribution is -2.49. The number of H-pyrrole nitrogens is 1. The Morgan fingerprint density at radius 1 is 1.15 bits per heavy atom. The van der Waals surface area contributed by atoms with Crippen LogP contribution in [-0.2, 0) is 18.6 Å². The molecule has 150 valence electrons. The molecule has 1 aromatic rings. The van der Waals surface area contributed by atoms with E-state index in [1.54, 1.807) is 0 Å². The van der Waals surface area contributed by atoms with E-state index in [-0.39, 0.29) is 11.1 Å². The van der Waals surface area contributed by atoms with Gasteiger partial charge in [0, 0.05) is 6.07 Å². The van der Waals surface area contributed by atoms with Gasteiger partial charge in [0.15, 0.2) is 20.3 Å². The number of ether oxygens (including phenoxy) is 3. The first-order chi connectivity index (χ1) is 12.3. The van der Waals surface area contributed by atoms with Gasteiger partial charge in [0.1, 0.15) is 24.4 Å². The quantitative estimate of drug-likeness (QED) is 0.769. The zero-order valence-corrected chi connectivity index (χ0v) is 17.9. The molecule has 4 heterocycles. The summed E-state index contributed by atoms with van der Waals surface area (Å²) >= 11 is 0. The zero-order valence-electron chi connectivity index (χ0n) is 16.9. The number of rotatable bonds is 2. The number of nitrogens with one attached hydrogen (secondary N) is 1. The van der Waals surface area contributed by atoms with E-state index in [1.165, 1.54) is 10.6 Å². The molecule has 0 spiro atoms. The van der Waals surface area contributed by atoms with Gasteiger partial charge < -0.3 is 18.6 Å². The van der Waals surface area contributed by atoms with Crippen LogP contribution in [0.1, 0.15) is 52.6 Å². The monoisotopic (exact) mass is 396 g/mol. The van der Waals surface area contributed by atoms with Gasteiger partial charge in [-0.1, -0.05) is 20.8 Å². The summed E-state index contributed by atoms with van der Waals surface area (Å²) in [5.74, 6) is -0.763. The summed E-state index contributed by atoms with van der Waals surface area (Å²) in [6.07, 6.45) is -2.43. The van der Waals surface area contributed by atoms with Gasteiger partial charge in [-0.05, 0) is 32.0 Å². The van der Waals surface area contributed by atoms with Crippen molar-refractivity contribution in [3.63, 3.8) is 0 Å². The SMILES string of the molecule is CC1(C)OC2C(O1)[C@@H]1O[C@H]2n2c(cc(=O)[nH]c2=O)[C@@H]1O[Si](C)(C)C(C)(C)C. The lowest BCUT2D eigenvalue weighted by molar-refractivity contribution is -0.217. The van der Waals surface area contributed by atoms with E-state index in [0.717, 1.165) is 0 Å². The van der Waals surface area contributed by atoms with Gasteiger partial charge in [-0.3, -0.25) is 14.3 Å². The third-order valence-electron chi connectivity index (χ3n) is 6.14. The van der Waals surface area contributed by atoms with Gasteiger partial charge in [0.2, 0.25) is 0 Å².